The van der Waals surface area contributed by atoms with Crippen molar-refractivity contribution in [3.8, 4) is 11.3 Å². The molecule has 3 aromatic carbocycles. The van der Waals surface area contributed by atoms with E-state index in [9.17, 15) is 4.79 Å². The smallest absolute Gasteiger partial charge is 0.165 e. The van der Waals surface area contributed by atoms with Crippen LogP contribution in [0.15, 0.2) is 66.7 Å². The van der Waals surface area contributed by atoms with Crippen molar-refractivity contribution in [3.63, 3.8) is 0 Å². The van der Waals surface area contributed by atoms with Gasteiger partial charge in [-0.25, -0.2) is 4.98 Å². The van der Waals surface area contributed by atoms with Gasteiger partial charge in [-0.3, -0.25) is 4.79 Å². The largest absolute Gasteiger partial charge is 0.294 e. The molecule has 1 heterocycles. The van der Waals surface area contributed by atoms with Crippen LogP contribution in [0.2, 0.25) is 0 Å². The fraction of sp³-hybridized carbons (Fsp3) is 0.200. The molecular weight excluding hydrogens is 330 g/mol. The van der Waals surface area contributed by atoms with E-state index in [1.165, 1.54) is 5.39 Å². The second-order valence-corrected chi connectivity index (χ2v) is 8.30. The van der Waals surface area contributed by atoms with Crippen molar-refractivity contribution in [1.29, 1.82) is 0 Å². The van der Waals surface area contributed by atoms with Crippen LogP contribution in [0.5, 0.6) is 0 Å². The minimum atomic E-state index is -0.0298. The Balaban J connectivity index is 1.96. The molecule has 0 amide bonds. The lowest BCUT2D eigenvalue weighted by Crippen LogP contribution is -2.28. The summed E-state index contributed by atoms with van der Waals surface area (Å²) in [4.78, 5) is 18.2. The molecule has 1 aromatic heterocycles. The van der Waals surface area contributed by atoms with E-state index in [1.807, 2.05) is 30.3 Å². The van der Waals surface area contributed by atoms with Crippen molar-refractivity contribution >= 4 is 27.5 Å². The van der Waals surface area contributed by atoms with Gasteiger partial charge in [-0.15, -0.1) is 0 Å². The third kappa shape index (κ3) is 2.56. The highest BCUT2D eigenvalue weighted by atomic mass is 16.1. The van der Waals surface area contributed by atoms with Crippen LogP contribution < -0.4 is 0 Å². The van der Waals surface area contributed by atoms with Crippen molar-refractivity contribution in [2.24, 2.45) is 5.41 Å². The van der Waals surface area contributed by atoms with Gasteiger partial charge in [0.1, 0.15) is 0 Å². The third-order valence-electron chi connectivity index (χ3n) is 5.61. The zero-order valence-electron chi connectivity index (χ0n) is 15.6. The average Bonchev–Trinajstić information content (AvgIpc) is 2.67. The Hall–Kier alpha value is -3.00. The molecule has 5 rings (SSSR count). The number of benzene rings is 3. The molecule has 0 unspecified atom stereocenters. The SMILES string of the molecule is CC1(C)CC(=O)c2c(-c3ccccc3)nc3c(ccc4ccccc43)c2C1. The Morgan fingerprint density at radius 3 is 2.37 bits per heavy atom. The topological polar surface area (TPSA) is 30.0 Å². The lowest BCUT2D eigenvalue weighted by Gasteiger charge is -2.32. The van der Waals surface area contributed by atoms with E-state index in [2.05, 4.69) is 50.2 Å². The van der Waals surface area contributed by atoms with E-state index in [1.54, 1.807) is 0 Å². The van der Waals surface area contributed by atoms with Crippen LogP contribution in [0, 0.1) is 5.41 Å². The van der Waals surface area contributed by atoms with E-state index in [0.29, 0.717) is 6.42 Å². The monoisotopic (exact) mass is 351 g/mol. The Kier molecular flexibility index (Phi) is 3.45. The molecule has 0 saturated carbocycles. The summed E-state index contributed by atoms with van der Waals surface area (Å²) >= 11 is 0. The van der Waals surface area contributed by atoms with Crippen LogP contribution in [0.1, 0.15) is 36.2 Å². The van der Waals surface area contributed by atoms with E-state index in [4.69, 9.17) is 4.98 Å². The van der Waals surface area contributed by atoms with Gasteiger partial charge in [-0.1, -0.05) is 80.6 Å². The fourth-order valence-corrected chi connectivity index (χ4v) is 4.42. The molecule has 0 bridgehead atoms. The predicted octanol–water partition coefficient (Wildman–Crippen LogP) is 6.21. The van der Waals surface area contributed by atoms with Crippen molar-refractivity contribution in [2.45, 2.75) is 26.7 Å². The first-order chi connectivity index (χ1) is 13.0. The van der Waals surface area contributed by atoms with Crippen LogP contribution in [-0.2, 0) is 6.42 Å². The number of fused-ring (bicyclic) bond motifs is 5. The number of nitrogens with zero attached hydrogens (tertiary/aromatic N) is 1. The van der Waals surface area contributed by atoms with E-state index < -0.39 is 0 Å². The van der Waals surface area contributed by atoms with Gasteiger partial charge in [0.2, 0.25) is 0 Å². The summed E-state index contributed by atoms with van der Waals surface area (Å²) in [5, 5.41) is 3.44. The van der Waals surface area contributed by atoms with Gasteiger partial charge in [0.05, 0.1) is 11.2 Å². The van der Waals surface area contributed by atoms with Crippen molar-refractivity contribution < 1.29 is 4.79 Å². The fourth-order valence-electron chi connectivity index (χ4n) is 4.42. The number of hydrogen-bond acceptors (Lipinski definition) is 2. The number of Topliss-reactive ketones (excluding diaryl/α,β-unsaturated/α-hetero) is 1. The highest BCUT2D eigenvalue weighted by Gasteiger charge is 2.35. The number of rotatable bonds is 1. The van der Waals surface area contributed by atoms with Gasteiger partial charge < -0.3 is 0 Å². The summed E-state index contributed by atoms with van der Waals surface area (Å²) in [7, 11) is 0. The van der Waals surface area contributed by atoms with Crippen LogP contribution in [0.25, 0.3) is 32.9 Å². The first-order valence-corrected chi connectivity index (χ1v) is 9.46. The maximum absolute atomic E-state index is 13.2. The van der Waals surface area contributed by atoms with E-state index in [0.717, 1.165) is 45.1 Å². The Morgan fingerprint density at radius 2 is 1.56 bits per heavy atom. The van der Waals surface area contributed by atoms with E-state index >= 15 is 0 Å². The normalized spacial score (nSPS) is 15.9. The third-order valence-corrected chi connectivity index (χ3v) is 5.61. The number of hydrogen-bond donors (Lipinski definition) is 0. The van der Waals surface area contributed by atoms with Gasteiger partial charge in [0.15, 0.2) is 5.78 Å². The molecule has 4 aromatic rings. The number of aromatic nitrogens is 1. The molecule has 0 atom stereocenters. The summed E-state index contributed by atoms with van der Waals surface area (Å²) < 4.78 is 0. The lowest BCUT2D eigenvalue weighted by atomic mass is 9.72. The maximum atomic E-state index is 13.2. The van der Waals surface area contributed by atoms with Crippen LogP contribution in [0.4, 0.5) is 0 Å². The molecule has 0 radical (unpaired) electrons. The molecule has 2 nitrogen and oxygen atoms in total. The highest BCUT2D eigenvalue weighted by Crippen LogP contribution is 2.42. The lowest BCUT2D eigenvalue weighted by molar-refractivity contribution is 0.0913. The Labute approximate surface area is 158 Å². The average molecular weight is 351 g/mol. The van der Waals surface area contributed by atoms with E-state index in [-0.39, 0.29) is 11.2 Å². The quantitative estimate of drug-likeness (QED) is 0.382. The first kappa shape index (κ1) is 16.2. The van der Waals surface area contributed by atoms with Crippen molar-refractivity contribution in [1.82, 2.24) is 4.98 Å². The van der Waals surface area contributed by atoms with Gasteiger partial charge >= 0.3 is 0 Å². The van der Waals surface area contributed by atoms with Gasteiger partial charge in [-0.2, -0.15) is 0 Å². The molecule has 0 fully saturated rings. The molecule has 0 N–H and O–H groups in total. The Morgan fingerprint density at radius 1 is 0.815 bits per heavy atom. The maximum Gasteiger partial charge on any atom is 0.165 e. The number of ketones is 1. The number of carbonyl (C=O) groups excluding carboxylic acids is 1. The molecule has 27 heavy (non-hydrogen) atoms. The van der Waals surface area contributed by atoms with Crippen molar-refractivity contribution in [3.05, 3.63) is 77.9 Å². The second kappa shape index (κ2) is 5.75. The van der Waals surface area contributed by atoms with Crippen LogP contribution in [0.3, 0.4) is 0 Å². The predicted molar refractivity (Wildman–Crippen MR) is 111 cm³/mol. The minimum absolute atomic E-state index is 0.0298. The molecule has 132 valence electrons. The van der Waals surface area contributed by atoms with Gasteiger partial charge in [-0.05, 0) is 22.8 Å². The first-order valence-electron chi connectivity index (χ1n) is 9.46. The highest BCUT2D eigenvalue weighted by molar-refractivity contribution is 6.13. The molecule has 1 aliphatic carbocycles. The summed E-state index contributed by atoms with van der Waals surface area (Å²) in [6.45, 7) is 4.37. The summed E-state index contributed by atoms with van der Waals surface area (Å²) in [5.74, 6) is 0.211. The molecule has 0 spiro atoms. The molecular formula is C25H21NO. The zero-order valence-corrected chi connectivity index (χ0v) is 15.6. The molecule has 1 aliphatic rings. The summed E-state index contributed by atoms with van der Waals surface area (Å²) in [5.41, 5.74) is 4.79. The Bertz CT molecular complexity index is 1210. The summed E-state index contributed by atoms with van der Waals surface area (Å²) in [6, 6.07) is 22.8. The second-order valence-electron chi connectivity index (χ2n) is 8.30. The number of carbonyl (C=O) groups is 1. The van der Waals surface area contributed by atoms with Crippen LogP contribution in [-0.4, -0.2) is 10.8 Å². The zero-order chi connectivity index (χ0) is 18.6. The van der Waals surface area contributed by atoms with Gasteiger partial charge in [0, 0.05) is 28.3 Å². The molecule has 0 saturated heterocycles. The van der Waals surface area contributed by atoms with Crippen molar-refractivity contribution in [2.75, 3.05) is 0 Å². The van der Waals surface area contributed by atoms with Gasteiger partial charge in [0.25, 0.3) is 0 Å². The van der Waals surface area contributed by atoms with Crippen LogP contribution >= 0.6 is 0 Å². The minimum Gasteiger partial charge on any atom is -0.294 e. The molecule has 0 aliphatic heterocycles. The standard InChI is InChI=1S/C25H21NO/c1-25(2)14-20-19-13-12-16-8-6-7-11-18(16)24(19)26-23(22(20)21(27)15-25)17-9-4-3-5-10-17/h3-13H,14-15H2,1-2H3. The molecule has 2 heteroatoms. The summed E-state index contributed by atoms with van der Waals surface area (Å²) in [6.07, 6.45) is 1.46. The number of pyridine rings is 1.